The summed E-state index contributed by atoms with van der Waals surface area (Å²) in [5.41, 5.74) is -0.00639. The Bertz CT molecular complexity index is 572. The van der Waals surface area contributed by atoms with Crippen LogP contribution in [0.3, 0.4) is 0 Å². The number of halogens is 3. The third kappa shape index (κ3) is 7.61. The average molecular weight is 373 g/mol. The molecule has 1 aromatic rings. The zero-order valence-corrected chi connectivity index (χ0v) is 14.9. The SMILES string of the molecule is CCNC(=NCc1ccc(C(F)(F)F)cc1)NCC(O)COCC1CC1. The van der Waals surface area contributed by atoms with Gasteiger partial charge in [-0.1, -0.05) is 12.1 Å². The third-order valence-electron chi connectivity index (χ3n) is 3.91. The molecule has 1 unspecified atom stereocenters. The van der Waals surface area contributed by atoms with Gasteiger partial charge in [-0.05, 0) is 43.4 Å². The van der Waals surface area contributed by atoms with E-state index in [0.717, 1.165) is 12.1 Å². The summed E-state index contributed by atoms with van der Waals surface area (Å²) in [4.78, 5) is 4.33. The number of aliphatic hydroxyl groups excluding tert-OH is 1. The molecule has 26 heavy (non-hydrogen) atoms. The number of alkyl halides is 3. The summed E-state index contributed by atoms with van der Waals surface area (Å²) in [6.45, 7) is 4.02. The van der Waals surface area contributed by atoms with Gasteiger partial charge in [-0.2, -0.15) is 13.2 Å². The Morgan fingerprint density at radius 1 is 1.27 bits per heavy atom. The van der Waals surface area contributed by atoms with Crippen molar-refractivity contribution in [3.8, 4) is 0 Å². The predicted octanol–water partition coefficient (Wildman–Crippen LogP) is 2.55. The van der Waals surface area contributed by atoms with E-state index in [1.54, 1.807) is 0 Å². The van der Waals surface area contributed by atoms with Crippen LogP contribution in [0, 0.1) is 5.92 Å². The van der Waals surface area contributed by atoms with Gasteiger partial charge in [0, 0.05) is 19.7 Å². The number of rotatable bonds is 9. The van der Waals surface area contributed by atoms with Crippen LogP contribution in [-0.2, 0) is 17.5 Å². The number of nitrogens with zero attached hydrogens (tertiary/aromatic N) is 1. The summed E-state index contributed by atoms with van der Waals surface area (Å²) in [6, 6.07) is 4.92. The Labute approximate surface area is 151 Å². The molecule has 5 nitrogen and oxygen atoms in total. The van der Waals surface area contributed by atoms with Gasteiger partial charge in [-0.15, -0.1) is 0 Å². The predicted molar refractivity (Wildman–Crippen MR) is 93.8 cm³/mol. The van der Waals surface area contributed by atoms with Crippen LogP contribution in [0.4, 0.5) is 13.2 Å². The molecule has 1 aliphatic rings. The number of ether oxygens (including phenoxy) is 1. The van der Waals surface area contributed by atoms with Gasteiger partial charge >= 0.3 is 6.18 Å². The normalized spacial score (nSPS) is 16.4. The molecule has 0 saturated heterocycles. The quantitative estimate of drug-likeness (QED) is 0.460. The fraction of sp³-hybridized carbons (Fsp3) is 0.611. The molecular weight excluding hydrogens is 347 g/mol. The van der Waals surface area contributed by atoms with Gasteiger partial charge in [-0.3, -0.25) is 0 Å². The molecule has 146 valence electrons. The highest BCUT2D eigenvalue weighted by Gasteiger charge is 2.29. The van der Waals surface area contributed by atoms with Crippen LogP contribution >= 0.6 is 0 Å². The molecule has 1 fully saturated rings. The van der Waals surface area contributed by atoms with Gasteiger partial charge in [0.15, 0.2) is 5.96 Å². The van der Waals surface area contributed by atoms with E-state index in [1.165, 1.54) is 25.0 Å². The molecule has 1 atom stereocenters. The molecule has 1 saturated carbocycles. The highest BCUT2D eigenvalue weighted by Crippen LogP contribution is 2.29. The van der Waals surface area contributed by atoms with Crippen molar-refractivity contribution in [1.82, 2.24) is 10.6 Å². The molecule has 0 aliphatic heterocycles. The lowest BCUT2D eigenvalue weighted by Gasteiger charge is -2.15. The van der Waals surface area contributed by atoms with Gasteiger partial charge < -0.3 is 20.5 Å². The van der Waals surface area contributed by atoms with Gasteiger partial charge in [-0.25, -0.2) is 4.99 Å². The van der Waals surface area contributed by atoms with Crippen LogP contribution in [0.5, 0.6) is 0 Å². The average Bonchev–Trinajstić information content (AvgIpc) is 3.41. The summed E-state index contributed by atoms with van der Waals surface area (Å²) in [5.74, 6) is 1.14. The minimum absolute atomic E-state index is 0.238. The largest absolute Gasteiger partial charge is 0.416 e. The first-order chi connectivity index (χ1) is 12.4. The molecule has 8 heteroatoms. The molecule has 0 spiro atoms. The number of benzene rings is 1. The third-order valence-corrected chi connectivity index (χ3v) is 3.91. The highest BCUT2D eigenvalue weighted by molar-refractivity contribution is 5.79. The van der Waals surface area contributed by atoms with Crippen LogP contribution in [0.1, 0.15) is 30.9 Å². The van der Waals surface area contributed by atoms with Gasteiger partial charge in [0.05, 0.1) is 24.8 Å². The second kappa shape index (κ2) is 9.78. The van der Waals surface area contributed by atoms with Gasteiger partial charge in [0.25, 0.3) is 0 Å². The van der Waals surface area contributed by atoms with Crippen LogP contribution < -0.4 is 10.6 Å². The molecule has 0 heterocycles. The molecule has 0 radical (unpaired) electrons. The van der Waals surface area contributed by atoms with Crippen molar-refractivity contribution in [2.45, 2.75) is 38.6 Å². The summed E-state index contributed by atoms with van der Waals surface area (Å²) >= 11 is 0. The molecule has 1 aliphatic carbocycles. The summed E-state index contributed by atoms with van der Waals surface area (Å²) in [6.07, 6.45) is -2.58. The van der Waals surface area contributed by atoms with Crippen LogP contribution in [0.2, 0.25) is 0 Å². The first kappa shape index (κ1) is 20.5. The molecule has 0 amide bonds. The van der Waals surface area contributed by atoms with Crippen molar-refractivity contribution in [1.29, 1.82) is 0 Å². The number of hydrogen-bond acceptors (Lipinski definition) is 3. The van der Waals surface area contributed by atoms with Gasteiger partial charge in [0.2, 0.25) is 0 Å². The van der Waals surface area contributed by atoms with E-state index < -0.39 is 17.8 Å². The van der Waals surface area contributed by atoms with Crippen LogP contribution in [-0.4, -0.2) is 43.5 Å². The van der Waals surface area contributed by atoms with E-state index in [1.807, 2.05) is 6.92 Å². The van der Waals surface area contributed by atoms with Crippen molar-refractivity contribution < 1.29 is 23.0 Å². The second-order valence-corrected chi connectivity index (χ2v) is 6.41. The summed E-state index contributed by atoms with van der Waals surface area (Å²) in [5, 5.41) is 16.0. The van der Waals surface area contributed by atoms with E-state index in [2.05, 4.69) is 15.6 Å². The number of aliphatic imine (C=N–C) groups is 1. The van der Waals surface area contributed by atoms with E-state index >= 15 is 0 Å². The lowest BCUT2D eigenvalue weighted by atomic mass is 10.1. The number of nitrogens with one attached hydrogen (secondary N) is 2. The van der Waals surface area contributed by atoms with Crippen LogP contribution in [0.25, 0.3) is 0 Å². The fourth-order valence-corrected chi connectivity index (χ4v) is 2.24. The lowest BCUT2D eigenvalue weighted by Crippen LogP contribution is -2.42. The van der Waals surface area contributed by atoms with Crippen molar-refractivity contribution >= 4 is 5.96 Å². The molecule has 0 aromatic heterocycles. The molecule has 3 N–H and O–H groups in total. The van der Waals surface area contributed by atoms with E-state index in [-0.39, 0.29) is 19.7 Å². The molecule has 0 bridgehead atoms. The monoisotopic (exact) mass is 373 g/mol. The number of aliphatic hydroxyl groups is 1. The minimum Gasteiger partial charge on any atom is -0.389 e. The Hall–Kier alpha value is -1.80. The highest BCUT2D eigenvalue weighted by atomic mass is 19.4. The summed E-state index contributed by atoms with van der Waals surface area (Å²) < 4.78 is 43.1. The number of guanidine groups is 1. The second-order valence-electron chi connectivity index (χ2n) is 6.41. The van der Waals surface area contributed by atoms with E-state index in [9.17, 15) is 18.3 Å². The van der Waals surface area contributed by atoms with Crippen molar-refractivity contribution in [3.63, 3.8) is 0 Å². The Morgan fingerprint density at radius 2 is 1.96 bits per heavy atom. The maximum Gasteiger partial charge on any atom is 0.416 e. The standard InChI is InChI=1S/C18H26F3N3O2/c1-2-22-17(24-10-16(25)12-26-11-14-3-4-14)23-9-13-5-7-15(8-6-13)18(19,20)21/h5-8,14,16,25H,2-4,9-12H2,1H3,(H2,22,23,24). The molecular formula is C18H26F3N3O2. The van der Waals surface area contributed by atoms with Gasteiger partial charge in [0.1, 0.15) is 0 Å². The zero-order valence-electron chi connectivity index (χ0n) is 14.9. The first-order valence-corrected chi connectivity index (χ1v) is 8.82. The van der Waals surface area contributed by atoms with E-state index in [4.69, 9.17) is 4.74 Å². The first-order valence-electron chi connectivity index (χ1n) is 8.82. The zero-order chi connectivity index (χ0) is 19.0. The minimum atomic E-state index is -4.34. The Balaban J connectivity index is 1.79. The van der Waals surface area contributed by atoms with E-state index in [0.29, 0.717) is 30.6 Å². The Morgan fingerprint density at radius 3 is 2.54 bits per heavy atom. The van der Waals surface area contributed by atoms with Crippen molar-refractivity contribution in [3.05, 3.63) is 35.4 Å². The molecule has 2 rings (SSSR count). The number of hydrogen-bond donors (Lipinski definition) is 3. The smallest absolute Gasteiger partial charge is 0.389 e. The van der Waals surface area contributed by atoms with Crippen LogP contribution in [0.15, 0.2) is 29.3 Å². The van der Waals surface area contributed by atoms with Crippen molar-refractivity contribution in [2.24, 2.45) is 10.9 Å². The molecule has 1 aromatic carbocycles. The summed E-state index contributed by atoms with van der Waals surface area (Å²) in [7, 11) is 0. The Kier molecular flexibility index (Phi) is 7.71. The van der Waals surface area contributed by atoms with Crippen molar-refractivity contribution in [2.75, 3.05) is 26.3 Å². The maximum absolute atomic E-state index is 12.6. The maximum atomic E-state index is 12.6. The topological polar surface area (TPSA) is 65.9 Å². The lowest BCUT2D eigenvalue weighted by molar-refractivity contribution is -0.137. The fourth-order valence-electron chi connectivity index (χ4n) is 2.24.